The average Bonchev–Trinajstić information content (AvgIpc) is 2.52. The van der Waals surface area contributed by atoms with E-state index in [4.69, 9.17) is 14.8 Å². The molecule has 1 aliphatic rings. The third kappa shape index (κ3) is 1.75. The van der Waals surface area contributed by atoms with Crippen molar-refractivity contribution in [3.63, 3.8) is 0 Å². The Morgan fingerprint density at radius 2 is 1.61 bits per heavy atom. The van der Waals surface area contributed by atoms with Crippen molar-refractivity contribution < 1.29 is 32.8 Å². The first-order valence-electron chi connectivity index (χ1n) is 4.86. The van der Waals surface area contributed by atoms with Crippen LogP contribution in [-0.2, 0) is 23.0 Å². The van der Waals surface area contributed by atoms with Gasteiger partial charge in [-0.2, -0.15) is 8.42 Å². The van der Waals surface area contributed by atoms with Crippen molar-refractivity contribution in [1.29, 1.82) is 0 Å². The van der Waals surface area contributed by atoms with E-state index in [0.29, 0.717) is 0 Å². The molecule has 8 heteroatoms. The van der Waals surface area contributed by atoms with E-state index in [9.17, 15) is 18.0 Å². The van der Waals surface area contributed by atoms with Crippen molar-refractivity contribution in [2.45, 2.75) is 17.7 Å². The van der Waals surface area contributed by atoms with Crippen molar-refractivity contribution >= 4 is 22.1 Å². The molecule has 0 radical (unpaired) electrons. The zero-order chi connectivity index (χ0) is 13.7. The van der Waals surface area contributed by atoms with Crippen LogP contribution in [0.5, 0.6) is 0 Å². The van der Waals surface area contributed by atoms with E-state index in [1.54, 1.807) is 0 Å². The van der Waals surface area contributed by atoms with E-state index in [1.165, 1.54) is 0 Å². The second-order valence-electron chi connectivity index (χ2n) is 3.84. The summed E-state index contributed by atoms with van der Waals surface area (Å²) in [4.78, 5) is 21.4. The number of carbonyl (C=O) groups is 2. The molecule has 0 amide bonds. The van der Waals surface area contributed by atoms with Gasteiger partial charge in [0, 0.05) is 0 Å². The smallest absolute Gasteiger partial charge is 0.336 e. The fourth-order valence-corrected chi connectivity index (χ4v) is 2.96. The molecule has 0 unspecified atom stereocenters. The van der Waals surface area contributed by atoms with E-state index in [2.05, 4.69) is 0 Å². The van der Waals surface area contributed by atoms with E-state index < -0.39 is 32.5 Å². The van der Waals surface area contributed by atoms with Crippen LogP contribution in [0.2, 0.25) is 0 Å². The molecule has 1 aliphatic carbocycles. The molecule has 3 N–H and O–H groups in total. The lowest BCUT2D eigenvalue weighted by molar-refractivity contribution is 0.0695. The first kappa shape index (κ1) is 12.5. The fraction of sp³-hybridized carbons (Fsp3) is 0.200. The summed E-state index contributed by atoms with van der Waals surface area (Å²) in [6.45, 7) is 0. The molecule has 0 saturated carbocycles. The number of benzene rings is 1. The predicted molar refractivity (Wildman–Crippen MR) is 57.6 cm³/mol. The fourth-order valence-electron chi connectivity index (χ4n) is 2.18. The quantitative estimate of drug-likeness (QED) is 0.680. The first-order chi connectivity index (χ1) is 8.23. The summed E-state index contributed by atoms with van der Waals surface area (Å²) >= 11 is 0. The number of carboxylic acids is 2. The van der Waals surface area contributed by atoms with Crippen molar-refractivity contribution in [2.24, 2.45) is 0 Å². The van der Waals surface area contributed by atoms with Gasteiger partial charge in [-0.25, -0.2) is 9.59 Å². The van der Waals surface area contributed by atoms with Crippen LogP contribution < -0.4 is 0 Å². The minimum atomic E-state index is -4.65. The van der Waals surface area contributed by atoms with Crippen LogP contribution >= 0.6 is 0 Å². The van der Waals surface area contributed by atoms with Gasteiger partial charge in [-0.15, -0.1) is 0 Å². The largest absolute Gasteiger partial charge is 0.478 e. The third-order valence-electron chi connectivity index (χ3n) is 2.85. The second kappa shape index (κ2) is 3.79. The number of hydrogen-bond donors (Lipinski definition) is 3. The normalized spacial score (nSPS) is 13.6. The summed E-state index contributed by atoms with van der Waals surface area (Å²) in [5.74, 6) is -2.82. The summed E-state index contributed by atoms with van der Waals surface area (Å²) in [5.41, 5.74) is -0.675. The van der Waals surface area contributed by atoms with Gasteiger partial charge in [0.05, 0.1) is 16.0 Å². The molecule has 0 saturated heterocycles. The van der Waals surface area contributed by atoms with Crippen LogP contribution in [0.4, 0.5) is 0 Å². The van der Waals surface area contributed by atoms with E-state index in [-0.39, 0.29) is 29.5 Å². The minimum Gasteiger partial charge on any atom is -0.478 e. The zero-order valence-corrected chi connectivity index (χ0v) is 9.69. The molecule has 0 spiro atoms. The maximum atomic E-state index is 11.2. The SMILES string of the molecule is O=C(O)c1cc(S(=O)(=O)O)c2c(C(=O)O)c1CC2. The predicted octanol–water partition coefficient (Wildman–Crippen LogP) is 0.428. The average molecular weight is 272 g/mol. The Kier molecular flexibility index (Phi) is 2.63. The van der Waals surface area contributed by atoms with Crippen LogP contribution in [0.3, 0.4) is 0 Å². The number of fused-ring (bicyclic) bond motifs is 2. The highest BCUT2D eigenvalue weighted by molar-refractivity contribution is 7.85. The molecule has 2 bridgehead atoms. The lowest BCUT2D eigenvalue weighted by Crippen LogP contribution is -2.12. The summed E-state index contributed by atoms with van der Waals surface area (Å²) < 4.78 is 31.3. The van der Waals surface area contributed by atoms with Crippen molar-refractivity contribution in [2.75, 3.05) is 0 Å². The highest BCUT2D eigenvalue weighted by Crippen LogP contribution is 2.34. The first-order valence-corrected chi connectivity index (χ1v) is 6.30. The molecule has 0 aliphatic heterocycles. The van der Waals surface area contributed by atoms with Gasteiger partial charge in [0.25, 0.3) is 10.1 Å². The molecule has 0 heterocycles. The highest BCUT2D eigenvalue weighted by Gasteiger charge is 2.33. The maximum absolute atomic E-state index is 11.2. The molecular weight excluding hydrogens is 264 g/mol. The van der Waals surface area contributed by atoms with Crippen LogP contribution in [0.25, 0.3) is 0 Å². The highest BCUT2D eigenvalue weighted by atomic mass is 32.2. The van der Waals surface area contributed by atoms with Crippen LogP contribution in [0, 0.1) is 0 Å². The van der Waals surface area contributed by atoms with Crippen LogP contribution in [0.1, 0.15) is 31.8 Å². The van der Waals surface area contributed by atoms with Crippen LogP contribution in [-0.4, -0.2) is 35.1 Å². The summed E-state index contributed by atoms with van der Waals surface area (Å²) in [6.07, 6.45) is 0.216. The number of carboxylic acid groups (broad SMARTS) is 2. The molecule has 0 fully saturated rings. The van der Waals surface area contributed by atoms with E-state index >= 15 is 0 Å². The second-order valence-corrected chi connectivity index (χ2v) is 5.23. The molecule has 1 aromatic rings. The lowest BCUT2D eigenvalue weighted by atomic mass is 10.0. The molecule has 1 aromatic carbocycles. The maximum Gasteiger partial charge on any atom is 0.336 e. The molecule has 96 valence electrons. The minimum absolute atomic E-state index is 0.0370. The van der Waals surface area contributed by atoms with Crippen molar-refractivity contribution in [3.05, 3.63) is 28.3 Å². The van der Waals surface area contributed by atoms with Crippen LogP contribution in [0.15, 0.2) is 11.0 Å². The standard InChI is InChI=1S/C10H8O7S/c11-9(12)6-3-7(18(15,16)17)5-2-1-4(6)8(5)10(13)14/h3H,1-2H2,(H,11,12)(H,13,14)(H,15,16,17). The Balaban J connectivity index is 2.90. The van der Waals surface area contributed by atoms with Gasteiger partial charge < -0.3 is 10.2 Å². The number of aromatic carboxylic acids is 2. The summed E-state index contributed by atoms with van der Waals surface area (Å²) in [7, 11) is -4.65. The van der Waals surface area contributed by atoms with Gasteiger partial charge >= 0.3 is 11.9 Å². The number of rotatable bonds is 3. The molecule has 18 heavy (non-hydrogen) atoms. The summed E-state index contributed by atoms with van der Waals surface area (Å²) in [6, 6.07) is 0.807. The Hall–Kier alpha value is -1.93. The van der Waals surface area contributed by atoms with Gasteiger partial charge in [0.2, 0.25) is 0 Å². The number of hydrogen-bond acceptors (Lipinski definition) is 4. The van der Waals surface area contributed by atoms with Crippen molar-refractivity contribution in [1.82, 2.24) is 0 Å². The van der Waals surface area contributed by atoms with E-state index in [0.717, 1.165) is 6.07 Å². The molecule has 0 aromatic heterocycles. The zero-order valence-electron chi connectivity index (χ0n) is 8.87. The molecule has 2 rings (SSSR count). The molecular formula is C10H8O7S. The van der Waals surface area contributed by atoms with Gasteiger partial charge in [-0.3, -0.25) is 4.55 Å². The molecule has 0 atom stereocenters. The van der Waals surface area contributed by atoms with Crippen molar-refractivity contribution in [3.8, 4) is 0 Å². The monoisotopic (exact) mass is 272 g/mol. The lowest BCUT2D eigenvalue weighted by Gasteiger charge is -2.08. The van der Waals surface area contributed by atoms with Gasteiger partial charge in [-0.1, -0.05) is 0 Å². The van der Waals surface area contributed by atoms with Gasteiger partial charge in [0.1, 0.15) is 0 Å². The summed E-state index contributed by atoms with van der Waals surface area (Å²) in [5, 5.41) is 18.0. The van der Waals surface area contributed by atoms with Gasteiger partial charge in [0.15, 0.2) is 0 Å². The Morgan fingerprint density at radius 3 is 2.06 bits per heavy atom. The van der Waals surface area contributed by atoms with Gasteiger partial charge in [-0.05, 0) is 30.0 Å². The van der Waals surface area contributed by atoms with E-state index in [1.807, 2.05) is 0 Å². The Labute approximate surface area is 101 Å². The topological polar surface area (TPSA) is 129 Å². The Morgan fingerprint density at radius 1 is 1.06 bits per heavy atom. The Bertz CT molecular complexity index is 672. The third-order valence-corrected chi connectivity index (χ3v) is 3.77. The molecule has 7 nitrogen and oxygen atoms in total.